The molecular formula is C13H15N3O3. The van der Waals surface area contributed by atoms with E-state index in [9.17, 15) is 14.4 Å². The maximum absolute atomic E-state index is 12.0. The second-order valence-electron chi connectivity index (χ2n) is 4.50. The Morgan fingerprint density at radius 3 is 2.84 bits per heavy atom. The zero-order valence-electron chi connectivity index (χ0n) is 10.6. The molecule has 1 amide bonds. The number of pyridine rings is 1. The largest absolute Gasteiger partial charge is 0.404 e. The van der Waals surface area contributed by atoms with Gasteiger partial charge in [-0.1, -0.05) is 0 Å². The second kappa shape index (κ2) is 5.09. The van der Waals surface area contributed by atoms with E-state index in [1.54, 1.807) is 6.20 Å². The quantitative estimate of drug-likeness (QED) is 0.564. The Labute approximate surface area is 109 Å². The SMILES string of the molecule is C/C(=C/N)C(=O)C(=O)N1CCc2cc(=O)[nH]cc2C1. The van der Waals surface area contributed by atoms with E-state index in [2.05, 4.69) is 4.98 Å². The minimum Gasteiger partial charge on any atom is -0.404 e. The van der Waals surface area contributed by atoms with Gasteiger partial charge >= 0.3 is 0 Å². The van der Waals surface area contributed by atoms with E-state index in [0.29, 0.717) is 19.5 Å². The summed E-state index contributed by atoms with van der Waals surface area (Å²) in [5, 5.41) is 0. The van der Waals surface area contributed by atoms with Crippen LogP contribution in [-0.4, -0.2) is 28.1 Å². The molecule has 2 heterocycles. The smallest absolute Gasteiger partial charge is 0.294 e. The molecule has 0 saturated carbocycles. The highest BCUT2D eigenvalue weighted by Crippen LogP contribution is 2.17. The third-order valence-electron chi connectivity index (χ3n) is 3.21. The molecule has 0 atom stereocenters. The summed E-state index contributed by atoms with van der Waals surface area (Å²) in [6.07, 6.45) is 3.30. The lowest BCUT2D eigenvalue weighted by atomic mass is 10.0. The van der Waals surface area contributed by atoms with Crippen molar-refractivity contribution in [2.45, 2.75) is 19.9 Å². The first-order valence-corrected chi connectivity index (χ1v) is 5.95. The molecule has 1 aromatic rings. The topological polar surface area (TPSA) is 96.3 Å². The molecule has 6 nitrogen and oxygen atoms in total. The van der Waals surface area contributed by atoms with E-state index >= 15 is 0 Å². The number of amides is 1. The molecule has 100 valence electrons. The molecule has 1 aliphatic heterocycles. The summed E-state index contributed by atoms with van der Waals surface area (Å²) in [7, 11) is 0. The molecule has 19 heavy (non-hydrogen) atoms. The van der Waals surface area contributed by atoms with Crippen molar-refractivity contribution in [1.29, 1.82) is 0 Å². The van der Waals surface area contributed by atoms with Crippen LogP contribution in [0.3, 0.4) is 0 Å². The number of hydrogen-bond donors (Lipinski definition) is 2. The van der Waals surface area contributed by atoms with Crippen LogP contribution in [0.1, 0.15) is 18.1 Å². The number of nitrogens with zero attached hydrogens (tertiary/aromatic N) is 1. The third-order valence-corrected chi connectivity index (χ3v) is 3.21. The van der Waals surface area contributed by atoms with Gasteiger partial charge in [-0.15, -0.1) is 0 Å². The standard InChI is InChI=1S/C13H15N3O3/c1-8(5-14)12(18)13(19)16-3-2-9-4-11(17)15-6-10(9)7-16/h4-6H,2-3,7,14H2,1H3,(H,15,17)/b8-5-. The molecule has 0 radical (unpaired) electrons. The van der Waals surface area contributed by atoms with Gasteiger partial charge in [-0.3, -0.25) is 14.4 Å². The first kappa shape index (κ1) is 13.1. The predicted octanol–water partition coefficient (Wildman–Crippen LogP) is -0.309. The highest BCUT2D eigenvalue weighted by molar-refractivity contribution is 6.42. The van der Waals surface area contributed by atoms with Crippen molar-refractivity contribution in [3.63, 3.8) is 0 Å². The van der Waals surface area contributed by atoms with Gasteiger partial charge in [0, 0.05) is 37.1 Å². The lowest BCUT2D eigenvalue weighted by Gasteiger charge is -2.27. The summed E-state index contributed by atoms with van der Waals surface area (Å²) in [6, 6.07) is 1.53. The minimum atomic E-state index is -0.588. The monoisotopic (exact) mass is 261 g/mol. The molecule has 1 aromatic heterocycles. The summed E-state index contributed by atoms with van der Waals surface area (Å²) in [5.41, 5.74) is 7.10. The van der Waals surface area contributed by atoms with Gasteiger partial charge in [0.25, 0.3) is 5.91 Å². The predicted molar refractivity (Wildman–Crippen MR) is 69.1 cm³/mol. The van der Waals surface area contributed by atoms with Crippen molar-refractivity contribution < 1.29 is 9.59 Å². The minimum absolute atomic E-state index is 0.156. The van der Waals surface area contributed by atoms with Gasteiger partial charge in [0.2, 0.25) is 11.3 Å². The molecule has 0 aromatic carbocycles. The lowest BCUT2D eigenvalue weighted by molar-refractivity contribution is -0.143. The van der Waals surface area contributed by atoms with Crippen molar-refractivity contribution in [3.8, 4) is 0 Å². The summed E-state index contributed by atoms with van der Waals surface area (Å²) in [6.45, 7) is 2.27. The molecule has 0 spiro atoms. The number of carbonyl (C=O) groups is 2. The Morgan fingerprint density at radius 1 is 1.42 bits per heavy atom. The summed E-state index contributed by atoms with van der Waals surface area (Å²) < 4.78 is 0. The van der Waals surface area contributed by atoms with Crippen molar-refractivity contribution in [3.05, 3.63) is 45.5 Å². The van der Waals surface area contributed by atoms with Crippen LogP contribution in [0, 0.1) is 0 Å². The maximum Gasteiger partial charge on any atom is 0.294 e. The van der Waals surface area contributed by atoms with E-state index in [1.165, 1.54) is 17.9 Å². The normalized spacial score (nSPS) is 15.0. The Kier molecular flexibility index (Phi) is 3.50. The number of nitrogens with one attached hydrogen (secondary N) is 1. The van der Waals surface area contributed by atoms with Gasteiger partial charge in [0.1, 0.15) is 0 Å². The molecular weight excluding hydrogens is 246 g/mol. The van der Waals surface area contributed by atoms with Gasteiger partial charge < -0.3 is 15.6 Å². The average Bonchev–Trinajstić information content (AvgIpc) is 2.44. The number of aromatic nitrogens is 1. The summed E-state index contributed by atoms with van der Waals surface area (Å²) in [4.78, 5) is 38.9. The average molecular weight is 261 g/mol. The fourth-order valence-corrected chi connectivity index (χ4v) is 2.02. The molecule has 0 saturated heterocycles. The number of ketones is 1. The number of carbonyl (C=O) groups excluding carboxylic acids is 2. The number of Topliss-reactive ketones (excluding diaryl/α,β-unsaturated/α-hetero) is 1. The second-order valence-corrected chi connectivity index (χ2v) is 4.50. The molecule has 1 aliphatic rings. The lowest BCUT2D eigenvalue weighted by Crippen LogP contribution is -2.40. The van der Waals surface area contributed by atoms with Crippen molar-refractivity contribution in [1.82, 2.24) is 9.88 Å². The molecule has 0 bridgehead atoms. The highest BCUT2D eigenvalue weighted by atomic mass is 16.2. The van der Waals surface area contributed by atoms with Gasteiger partial charge in [-0.05, 0) is 24.5 Å². The van der Waals surface area contributed by atoms with E-state index in [0.717, 1.165) is 17.3 Å². The molecule has 3 N–H and O–H groups in total. The first-order chi connectivity index (χ1) is 9.02. The van der Waals surface area contributed by atoms with Crippen LogP contribution < -0.4 is 11.3 Å². The Hall–Kier alpha value is -2.37. The van der Waals surface area contributed by atoms with Crippen molar-refractivity contribution in [2.75, 3.05) is 6.54 Å². The summed E-state index contributed by atoms with van der Waals surface area (Å²) >= 11 is 0. The van der Waals surface area contributed by atoms with Crippen LogP contribution in [0.4, 0.5) is 0 Å². The van der Waals surface area contributed by atoms with E-state index in [1.807, 2.05) is 0 Å². The number of hydrogen-bond acceptors (Lipinski definition) is 4. The zero-order valence-corrected chi connectivity index (χ0v) is 10.6. The van der Waals surface area contributed by atoms with Crippen LogP contribution >= 0.6 is 0 Å². The Morgan fingerprint density at radius 2 is 2.16 bits per heavy atom. The molecule has 0 fully saturated rings. The van der Waals surface area contributed by atoms with Crippen molar-refractivity contribution in [2.24, 2.45) is 5.73 Å². The molecule has 0 unspecified atom stereocenters. The Bertz CT molecular complexity index is 616. The highest BCUT2D eigenvalue weighted by Gasteiger charge is 2.26. The number of aromatic amines is 1. The van der Waals surface area contributed by atoms with Crippen LogP contribution in [0.15, 0.2) is 28.8 Å². The number of H-pyrrole nitrogens is 1. The van der Waals surface area contributed by atoms with Crippen molar-refractivity contribution >= 4 is 11.7 Å². The summed E-state index contributed by atoms with van der Waals surface area (Å²) in [5.74, 6) is -1.15. The van der Waals surface area contributed by atoms with Crippen LogP contribution in [0.25, 0.3) is 0 Å². The number of fused-ring (bicyclic) bond motifs is 1. The zero-order chi connectivity index (χ0) is 14.0. The molecule has 2 rings (SSSR count). The third kappa shape index (κ3) is 2.57. The fourth-order valence-electron chi connectivity index (χ4n) is 2.02. The Balaban J connectivity index is 2.18. The van der Waals surface area contributed by atoms with Crippen LogP contribution in [0.2, 0.25) is 0 Å². The van der Waals surface area contributed by atoms with Gasteiger partial charge in [-0.2, -0.15) is 0 Å². The number of nitrogens with two attached hydrogens (primary N) is 1. The maximum atomic E-state index is 12.0. The molecule has 0 aliphatic carbocycles. The van der Waals surface area contributed by atoms with Gasteiger partial charge in [0.15, 0.2) is 0 Å². The van der Waals surface area contributed by atoms with E-state index < -0.39 is 11.7 Å². The van der Waals surface area contributed by atoms with E-state index in [-0.39, 0.29) is 11.1 Å². The molecule has 6 heteroatoms. The van der Waals surface area contributed by atoms with Gasteiger partial charge in [-0.25, -0.2) is 0 Å². The van der Waals surface area contributed by atoms with Crippen LogP contribution in [0.5, 0.6) is 0 Å². The van der Waals surface area contributed by atoms with E-state index in [4.69, 9.17) is 5.73 Å². The van der Waals surface area contributed by atoms with Crippen LogP contribution in [-0.2, 0) is 22.6 Å². The van der Waals surface area contributed by atoms with Gasteiger partial charge in [0.05, 0.1) is 0 Å². The number of rotatable bonds is 2. The fraction of sp³-hybridized carbons (Fsp3) is 0.308. The first-order valence-electron chi connectivity index (χ1n) is 5.95.